The Hall–Kier alpha value is -1.49. The summed E-state index contributed by atoms with van der Waals surface area (Å²) >= 11 is 1.58. The molecule has 4 nitrogen and oxygen atoms in total. The predicted molar refractivity (Wildman–Crippen MR) is 56.6 cm³/mol. The topological polar surface area (TPSA) is 46.0 Å². The molecule has 0 unspecified atom stereocenters. The van der Waals surface area contributed by atoms with E-state index in [1.165, 1.54) is 0 Å². The molecule has 2 heterocycles. The predicted octanol–water partition coefficient (Wildman–Crippen LogP) is 1.93. The van der Waals surface area contributed by atoms with Crippen LogP contribution < -0.4 is 0 Å². The lowest BCUT2D eigenvalue weighted by atomic mass is 10.3. The lowest BCUT2D eigenvalue weighted by Gasteiger charge is -1.88. The zero-order valence-corrected chi connectivity index (χ0v) is 8.38. The number of nitrogens with zero attached hydrogens (tertiary/aromatic N) is 3. The quantitative estimate of drug-likeness (QED) is 0.616. The molecule has 70 valence electrons. The number of H-pyrrole nitrogens is 1. The zero-order chi connectivity index (χ0) is 9.54. The van der Waals surface area contributed by atoms with Crippen LogP contribution >= 0.6 is 11.8 Å². The molecule has 0 aliphatic carbocycles. The highest BCUT2D eigenvalue weighted by molar-refractivity contribution is 7.98. The van der Waals surface area contributed by atoms with Crippen molar-refractivity contribution in [2.45, 2.75) is 5.16 Å². The second-order valence-electron chi connectivity index (χ2n) is 2.97. The van der Waals surface area contributed by atoms with Gasteiger partial charge in [-0.15, -0.1) is 0 Å². The number of aromatic amines is 1. The number of fused-ring (bicyclic) bond motifs is 3. The van der Waals surface area contributed by atoms with Gasteiger partial charge in [0.1, 0.15) is 0 Å². The summed E-state index contributed by atoms with van der Waals surface area (Å²) in [6.07, 6.45) is 1.99. The van der Waals surface area contributed by atoms with Crippen molar-refractivity contribution in [3.8, 4) is 0 Å². The SMILES string of the molecule is CSc1nc2nc3ccccc3n2[nH]1. The smallest absolute Gasteiger partial charge is 0.252 e. The van der Waals surface area contributed by atoms with Gasteiger partial charge in [-0.25, -0.2) is 9.50 Å². The standard InChI is InChI=1S/C9H8N4S/c1-14-9-11-8-10-6-4-2-3-5-7(6)13(8)12-9/h2-5H,1H3,(H,10,11,12). The van der Waals surface area contributed by atoms with E-state index in [4.69, 9.17) is 0 Å². The summed E-state index contributed by atoms with van der Waals surface area (Å²) < 4.78 is 1.90. The third-order valence-corrected chi connectivity index (χ3v) is 2.71. The number of imidazole rings is 1. The highest BCUT2D eigenvalue weighted by Gasteiger charge is 2.07. The zero-order valence-electron chi connectivity index (χ0n) is 7.56. The average molecular weight is 204 g/mol. The number of hydrogen-bond donors (Lipinski definition) is 1. The van der Waals surface area contributed by atoms with Gasteiger partial charge in [0.2, 0.25) is 0 Å². The van der Waals surface area contributed by atoms with Gasteiger partial charge in [0.15, 0.2) is 5.16 Å². The first kappa shape index (κ1) is 7.87. The molecule has 1 aromatic carbocycles. The molecule has 3 aromatic rings. The summed E-state index contributed by atoms with van der Waals surface area (Å²) in [7, 11) is 0. The average Bonchev–Trinajstić information content (AvgIpc) is 2.73. The van der Waals surface area contributed by atoms with E-state index in [2.05, 4.69) is 15.1 Å². The normalized spacial score (nSPS) is 11.5. The summed E-state index contributed by atoms with van der Waals surface area (Å²) in [6.45, 7) is 0. The first-order valence-corrected chi connectivity index (χ1v) is 5.48. The van der Waals surface area contributed by atoms with Crippen molar-refractivity contribution >= 4 is 28.6 Å². The molecule has 0 atom stereocenters. The van der Waals surface area contributed by atoms with Gasteiger partial charge < -0.3 is 0 Å². The van der Waals surface area contributed by atoms with Crippen LogP contribution in [0.5, 0.6) is 0 Å². The first-order valence-electron chi connectivity index (χ1n) is 4.25. The lowest BCUT2D eigenvalue weighted by Crippen LogP contribution is -1.82. The van der Waals surface area contributed by atoms with Crippen LogP contribution in [0.2, 0.25) is 0 Å². The number of thioether (sulfide) groups is 1. The second kappa shape index (κ2) is 2.75. The molecular weight excluding hydrogens is 196 g/mol. The van der Waals surface area contributed by atoms with Crippen LogP contribution in [0.1, 0.15) is 0 Å². The molecule has 0 spiro atoms. The molecule has 0 aliphatic heterocycles. The Morgan fingerprint density at radius 3 is 3.00 bits per heavy atom. The number of nitrogens with one attached hydrogen (secondary N) is 1. The highest BCUT2D eigenvalue weighted by atomic mass is 32.2. The Kier molecular flexibility index (Phi) is 1.55. The van der Waals surface area contributed by atoms with Crippen molar-refractivity contribution in [3.05, 3.63) is 24.3 Å². The third-order valence-electron chi connectivity index (χ3n) is 2.15. The molecule has 0 bridgehead atoms. The van der Waals surface area contributed by atoms with E-state index >= 15 is 0 Å². The monoisotopic (exact) mass is 204 g/mol. The molecule has 0 amide bonds. The van der Waals surface area contributed by atoms with Crippen LogP contribution in [0, 0.1) is 0 Å². The van der Waals surface area contributed by atoms with E-state index in [1.54, 1.807) is 11.8 Å². The van der Waals surface area contributed by atoms with E-state index in [9.17, 15) is 0 Å². The Morgan fingerprint density at radius 1 is 1.29 bits per heavy atom. The number of aromatic nitrogens is 4. The molecule has 3 rings (SSSR count). The van der Waals surface area contributed by atoms with Crippen molar-refractivity contribution < 1.29 is 0 Å². The maximum absolute atomic E-state index is 4.39. The second-order valence-corrected chi connectivity index (χ2v) is 3.76. The largest absolute Gasteiger partial charge is 0.269 e. The molecule has 0 saturated heterocycles. The van der Waals surface area contributed by atoms with Gasteiger partial charge in [-0.05, 0) is 18.4 Å². The molecule has 14 heavy (non-hydrogen) atoms. The molecular formula is C9H8N4S. The lowest BCUT2D eigenvalue weighted by molar-refractivity contribution is 0.919. The Morgan fingerprint density at radius 2 is 2.14 bits per heavy atom. The van der Waals surface area contributed by atoms with Crippen LogP contribution in [-0.2, 0) is 0 Å². The molecule has 0 radical (unpaired) electrons. The van der Waals surface area contributed by atoms with E-state index in [1.807, 2.05) is 35.0 Å². The van der Waals surface area contributed by atoms with Crippen LogP contribution in [0.15, 0.2) is 29.4 Å². The van der Waals surface area contributed by atoms with Crippen LogP contribution in [0.25, 0.3) is 16.8 Å². The van der Waals surface area contributed by atoms with Gasteiger partial charge in [-0.2, -0.15) is 4.98 Å². The summed E-state index contributed by atoms with van der Waals surface area (Å²) in [5.41, 5.74) is 2.04. The third kappa shape index (κ3) is 0.957. The minimum atomic E-state index is 0.732. The number of hydrogen-bond acceptors (Lipinski definition) is 3. The van der Waals surface area contributed by atoms with E-state index < -0.39 is 0 Å². The Labute approximate surface area is 84.3 Å². The number of benzene rings is 1. The Bertz CT molecular complexity index is 595. The first-order chi connectivity index (χ1) is 6.88. The number of rotatable bonds is 1. The van der Waals surface area contributed by atoms with E-state index in [-0.39, 0.29) is 0 Å². The minimum absolute atomic E-state index is 0.732. The molecule has 5 heteroatoms. The summed E-state index contributed by atoms with van der Waals surface area (Å²) in [5.74, 6) is 0.732. The van der Waals surface area contributed by atoms with Crippen molar-refractivity contribution in [2.24, 2.45) is 0 Å². The fourth-order valence-electron chi connectivity index (χ4n) is 1.50. The van der Waals surface area contributed by atoms with E-state index in [0.29, 0.717) is 0 Å². The van der Waals surface area contributed by atoms with Gasteiger partial charge in [-0.1, -0.05) is 23.9 Å². The fraction of sp³-hybridized carbons (Fsp3) is 0.111. The summed E-state index contributed by atoms with van der Waals surface area (Å²) in [6, 6.07) is 7.98. The summed E-state index contributed by atoms with van der Waals surface area (Å²) in [4.78, 5) is 8.72. The number of para-hydroxylation sites is 2. The molecule has 0 aliphatic rings. The molecule has 0 fully saturated rings. The molecule has 2 aromatic heterocycles. The minimum Gasteiger partial charge on any atom is -0.269 e. The molecule has 0 saturated carbocycles. The van der Waals surface area contributed by atoms with Gasteiger partial charge in [0, 0.05) is 0 Å². The highest BCUT2D eigenvalue weighted by Crippen LogP contribution is 2.17. The maximum Gasteiger partial charge on any atom is 0.252 e. The van der Waals surface area contributed by atoms with Crippen molar-refractivity contribution in [3.63, 3.8) is 0 Å². The molecule has 1 N–H and O–H groups in total. The van der Waals surface area contributed by atoms with Crippen LogP contribution in [0.4, 0.5) is 0 Å². The van der Waals surface area contributed by atoms with Gasteiger partial charge in [0.25, 0.3) is 5.78 Å². The van der Waals surface area contributed by atoms with Crippen molar-refractivity contribution in [2.75, 3.05) is 6.26 Å². The van der Waals surface area contributed by atoms with Crippen molar-refractivity contribution in [1.82, 2.24) is 19.6 Å². The maximum atomic E-state index is 4.39. The fourth-order valence-corrected chi connectivity index (χ4v) is 1.86. The summed E-state index contributed by atoms with van der Waals surface area (Å²) in [5, 5.41) is 4.06. The van der Waals surface area contributed by atoms with Crippen molar-refractivity contribution in [1.29, 1.82) is 0 Å². The van der Waals surface area contributed by atoms with Gasteiger partial charge in [0.05, 0.1) is 11.0 Å². The van der Waals surface area contributed by atoms with Gasteiger partial charge >= 0.3 is 0 Å². The Balaban J connectivity index is 2.45. The van der Waals surface area contributed by atoms with E-state index in [0.717, 1.165) is 22.0 Å². The van der Waals surface area contributed by atoms with Crippen LogP contribution in [-0.4, -0.2) is 25.8 Å². The van der Waals surface area contributed by atoms with Crippen LogP contribution in [0.3, 0.4) is 0 Å². The van der Waals surface area contributed by atoms with Gasteiger partial charge in [-0.3, -0.25) is 5.10 Å².